The largest absolute Gasteiger partial charge is 1.00 e. The van der Waals surface area contributed by atoms with Crippen molar-refractivity contribution in [3.63, 3.8) is 0 Å². The van der Waals surface area contributed by atoms with Crippen LogP contribution in [0, 0.1) is 6.07 Å². The molecule has 1 saturated heterocycles. The van der Waals surface area contributed by atoms with Gasteiger partial charge in [0, 0.05) is 37.8 Å². The van der Waals surface area contributed by atoms with E-state index >= 15 is 0 Å². The Hall–Kier alpha value is 0.532. The van der Waals surface area contributed by atoms with Crippen molar-refractivity contribution < 1.29 is 73.7 Å². The molecule has 112 valence electrons. The molecule has 0 saturated carbocycles. The summed E-state index contributed by atoms with van der Waals surface area (Å²) in [6.07, 6.45) is 6.16. The van der Waals surface area contributed by atoms with Crippen LogP contribution in [0.2, 0.25) is 5.02 Å². The van der Waals surface area contributed by atoms with Crippen molar-refractivity contribution in [3.8, 4) is 0 Å². The zero-order chi connectivity index (χ0) is 14.7. The minimum atomic E-state index is 0. The van der Waals surface area contributed by atoms with E-state index in [0.717, 1.165) is 37.4 Å². The van der Waals surface area contributed by atoms with Crippen LogP contribution in [0.15, 0.2) is 30.0 Å². The first-order valence-corrected chi connectivity index (χ1v) is 7.81. The molecule has 0 unspecified atom stereocenters. The summed E-state index contributed by atoms with van der Waals surface area (Å²) in [4.78, 5) is 12.3. The molecule has 1 aromatic rings. The minimum Gasteiger partial charge on any atom is -0.382 e. The fourth-order valence-electron chi connectivity index (χ4n) is 2.79. The van der Waals surface area contributed by atoms with Gasteiger partial charge in [-0.2, -0.15) is 29.8 Å². The maximum atomic E-state index is 12.3. The third-order valence-corrected chi connectivity index (χ3v) is 4.12. The van der Waals surface area contributed by atoms with Gasteiger partial charge in [-0.3, -0.25) is 9.80 Å². The number of carbonyl (C=O) groups is 1. The number of rotatable bonds is 3. The quantitative estimate of drug-likeness (QED) is 0.680. The summed E-state index contributed by atoms with van der Waals surface area (Å²) in [7, 11) is 0. The number of hydrogen-bond donors (Lipinski definition) is 1. The van der Waals surface area contributed by atoms with Crippen LogP contribution in [-0.4, -0.2) is 35.6 Å². The molecule has 2 heterocycles. The third kappa shape index (κ3) is 5.01. The molecular weight excluding hydrogens is 419 g/mol. The van der Waals surface area contributed by atoms with Gasteiger partial charge in [-0.05, 0) is 12.8 Å². The van der Waals surface area contributed by atoms with E-state index in [1.54, 1.807) is 12.1 Å². The second-order valence-electron chi connectivity index (χ2n) is 5.44. The predicted octanol–water partition coefficient (Wildman–Crippen LogP) is 0.0732. The fraction of sp³-hybridized carbons (Fsp3) is 0.438. The van der Waals surface area contributed by atoms with Gasteiger partial charge in [-0.15, -0.1) is 6.07 Å². The summed E-state index contributed by atoms with van der Waals surface area (Å²) in [6.45, 7) is 2.73. The Kier molecular flexibility index (Phi) is 7.83. The Morgan fingerprint density at radius 1 is 1.14 bits per heavy atom. The molecule has 1 fully saturated rings. The summed E-state index contributed by atoms with van der Waals surface area (Å²) in [6, 6.07) is 8.45. The van der Waals surface area contributed by atoms with Gasteiger partial charge in [-0.25, -0.2) is 5.01 Å². The van der Waals surface area contributed by atoms with E-state index in [4.69, 9.17) is 11.6 Å². The van der Waals surface area contributed by atoms with Crippen LogP contribution in [-0.2, 0) is 4.79 Å². The van der Waals surface area contributed by atoms with Gasteiger partial charge in [-0.1, -0.05) is 17.1 Å². The van der Waals surface area contributed by atoms with Gasteiger partial charge in [0.1, 0.15) is 0 Å². The van der Waals surface area contributed by atoms with Crippen molar-refractivity contribution in [1.29, 1.82) is 0 Å². The summed E-state index contributed by atoms with van der Waals surface area (Å²) in [5.41, 5.74) is 1.77. The predicted molar refractivity (Wildman–Crippen MR) is 83.7 cm³/mol. The fourth-order valence-corrected chi connectivity index (χ4v) is 2.90. The summed E-state index contributed by atoms with van der Waals surface area (Å²) in [5, 5.41) is 7.97. The van der Waals surface area contributed by atoms with Crippen LogP contribution < -0.4 is 74.2 Å². The molecule has 2 aliphatic rings. The van der Waals surface area contributed by atoms with Crippen molar-refractivity contribution in [1.82, 2.24) is 10.0 Å². The molecule has 6 heteroatoms. The van der Waals surface area contributed by atoms with Crippen molar-refractivity contribution in [2.75, 3.05) is 25.0 Å². The zero-order valence-corrected chi connectivity index (χ0v) is 20.0. The first-order valence-electron chi connectivity index (χ1n) is 7.43. The average molecular weight is 438 g/mol. The second-order valence-corrected chi connectivity index (χ2v) is 5.88. The first kappa shape index (κ1) is 18.9. The SMILES string of the molecule is O=C1C=C(Nc2[c-]cc(Cl)cc2)CCN1N1CCCCC1.[Cs+]. The number of hydrogen-bond acceptors (Lipinski definition) is 3. The first-order chi connectivity index (χ1) is 10.2. The Morgan fingerprint density at radius 2 is 1.91 bits per heavy atom. The molecule has 1 amide bonds. The van der Waals surface area contributed by atoms with Crippen molar-refractivity contribution >= 4 is 23.2 Å². The normalized spacial score (nSPS) is 19.4. The van der Waals surface area contributed by atoms with Gasteiger partial charge in [0.05, 0.1) is 0 Å². The topological polar surface area (TPSA) is 35.6 Å². The number of nitrogens with one attached hydrogen (secondary N) is 1. The van der Waals surface area contributed by atoms with E-state index in [1.807, 2.05) is 17.1 Å². The van der Waals surface area contributed by atoms with Gasteiger partial charge in [0.2, 0.25) is 0 Å². The molecule has 0 spiro atoms. The van der Waals surface area contributed by atoms with Crippen LogP contribution in [0.1, 0.15) is 25.7 Å². The molecule has 1 N–H and O–H groups in total. The Labute approximate surface area is 195 Å². The smallest absolute Gasteiger partial charge is 0.382 e. The molecular formula is C16H19ClCsN3O. The number of piperidine rings is 1. The van der Waals surface area contributed by atoms with Crippen LogP contribution in [0.4, 0.5) is 5.69 Å². The molecule has 1 aromatic carbocycles. The molecule has 0 aliphatic carbocycles. The van der Waals surface area contributed by atoms with Gasteiger partial charge in [0.15, 0.2) is 0 Å². The molecule has 22 heavy (non-hydrogen) atoms. The van der Waals surface area contributed by atoms with E-state index in [0.29, 0.717) is 5.02 Å². The molecule has 0 aromatic heterocycles. The van der Waals surface area contributed by atoms with Crippen LogP contribution in [0.5, 0.6) is 0 Å². The summed E-state index contributed by atoms with van der Waals surface area (Å²) >= 11 is 5.84. The molecule has 3 rings (SSSR count). The number of halogens is 1. The zero-order valence-electron chi connectivity index (χ0n) is 12.9. The number of carbonyl (C=O) groups excluding carboxylic acids is 1. The molecule has 0 radical (unpaired) electrons. The Morgan fingerprint density at radius 3 is 2.55 bits per heavy atom. The Bertz CT molecular complexity index is 541. The molecule has 4 nitrogen and oxygen atoms in total. The molecule has 0 bridgehead atoms. The van der Waals surface area contributed by atoms with Gasteiger partial charge >= 0.3 is 68.9 Å². The average Bonchev–Trinajstić information content (AvgIpc) is 2.51. The summed E-state index contributed by atoms with van der Waals surface area (Å²) in [5.74, 6) is 0.0691. The van der Waals surface area contributed by atoms with E-state index in [1.165, 1.54) is 19.3 Å². The van der Waals surface area contributed by atoms with Gasteiger partial charge in [0.25, 0.3) is 5.91 Å². The number of benzene rings is 1. The van der Waals surface area contributed by atoms with Crippen LogP contribution in [0.3, 0.4) is 0 Å². The number of amides is 1. The van der Waals surface area contributed by atoms with Gasteiger partial charge < -0.3 is 5.32 Å². The van der Waals surface area contributed by atoms with E-state index in [-0.39, 0.29) is 74.8 Å². The maximum absolute atomic E-state index is 12.3. The third-order valence-electron chi connectivity index (χ3n) is 3.89. The van der Waals surface area contributed by atoms with E-state index in [9.17, 15) is 4.79 Å². The van der Waals surface area contributed by atoms with E-state index < -0.39 is 0 Å². The van der Waals surface area contributed by atoms with Crippen LogP contribution >= 0.6 is 11.6 Å². The standard InChI is InChI=1S/C16H19ClN3O.Cs/c17-13-4-6-14(7-5-13)18-15-8-11-20(16(21)12-15)19-9-2-1-3-10-19;/h4-6,12,18H,1-3,8-11H2;/q-1;+1. The van der Waals surface area contributed by atoms with Crippen molar-refractivity contribution in [3.05, 3.63) is 41.1 Å². The number of nitrogens with zero attached hydrogens (tertiary/aromatic N) is 2. The maximum Gasteiger partial charge on any atom is 1.00 e. The second kappa shape index (κ2) is 9.13. The minimum absolute atomic E-state index is 0. The van der Waals surface area contributed by atoms with Crippen LogP contribution in [0.25, 0.3) is 0 Å². The summed E-state index contributed by atoms with van der Waals surface area (Å²) < 4.78 is 0. The van der Waals surface area contributed by atoms with E-state index in [2.05, 4.69) is 16.4 Å². The number of anilines is 1. The monoisotopic (exact) mass is 437 g/mol. The van der Waals surface area contributed by atoms with Crippen molar-refractivity contribution in [2.24, 2.45) is 0 Å². The number of hydrazine groups is 1. The molecule has 2 aliphatic heterocycles. The molecule has 0 atom stereocenters. The Balaban J connectivity index is 0.00000176. The van der Waals surface area contributed by atoms with Crippen molar-refractivity contribution in [2.45, 2.75) is 25.7 Å².